The van der Waals surface area contributed by atoms with Gasteiger partial charge in [-0.05, 0) is 18.1 Å². The van der Waals surface area contributed by atoms with Gasteiger partial charge in [-0.25, -0.2) is 8.78 Å². The Balaban J connectivity index is 2.39. The predicted octanol–water partition coefficient (Wildman–Crippen LogP) is 3.84. The molecule has 1 rings (SSSR count). The topological polar surface area (TPSA) is 20.2 Å². The Labute approximate surface area is 101 Å². The number of benzene rings is 1. The molecule has 1 N–H and O–H groups in total. The first-order valence-corrected chi connectivity index (χ1v) is 6.26. The van der Waals surface area contributed by atoms with E-state index >= 15 is 0 Å². The fourth-order valence-corrected chi connectivity index (χ4v) is 1.87. The molecule has 1 atom stereocenters. The molecule has 0 aliphatic heterocycles. The molecular weight excluding hydrogens is 222 g/mol. The smallest absolute Gasteiger partial charge is 0.162 e. The van der Waals surface area contributed by atoms with E-state index < -0.39 is 17.7 Å². The van der Waals surface area contributed by atoms with Gasteiger partial charge in [-0.15, -0.1) is 0 Å². The van der Waals surface area contributed by atoms with Crippen LogP contribution in [0.15, 0.2) is 18.2 Å². The van der Waals surface area contributed by atoms with Gasteiger partial charge in [0.25, 0.3) is 0 Å². The van der Waals surface area contributed by atoms with Gasteiger partial charge in [-0.1, -0.05) is 44.7 Å². The predicted molar refractivity (Wildman–Crippen MR) is 64.8 cm³/mol. The van der Waals surface area contributed by atoms with Crippen LogP contribution in [0.5, 0.6) is 0 Å². The maximum Gasteiger partial charge on any atom is 0.162 e. The second kappa shape index (κ2) is 7.38. The fourth-order valence-electron chi connectivity index (χ4n) is 1.87. The molecular formula is C14H20F2O. The lowest BCUT2D eigenvalue weighted by Gasteiger charge is -2.11. The van der Waals surface area contributed by atoms with Crippen molar-refractivity contribution in [2.24, 2.45) is 0 Å². The fraction of sp³-hybridized carbons (Fsp3) is 0.571. The maximum absolute atomic E-state index is 13.3. The normalized spacial score (nSPS) is 12.7. The highest BCUT2D eigenvalue weighted by atomic mass is 19.2. The first kappa shape index (κ1) is 14.1. The summed E-state index contributed by atoms with van der Waals surface area (Å²) < 4.78 is 26.2. The highest BCUT2D eigenvalue weighted by Gasteiger charge is 2.12. The summed E-state index contributed by atoms with van der Waals surface area (Å²) in [6.45, 7) is 2.12. The van der Waals surface area contributed by atoms with E-state index in [0.717, 1.165) is 31.7 Å². The summed E-state index contributed by atoms with van der Waals surface area (Å²) in [5.74, 6) is -1.68. The SMILES string of the molecule is CCCCCCC(O)Cc1cccc(F)c1F. The summed E-state index contributed by atoms with van der Waals surface area (Å²) in [4.78, 5) is 0. The molecule has 0 spiro atoms. The molecule has 0 saturated heterocycles. The zero-order chi connectivity index (χ0) is 12.7. The molecule has 3 heteroatoms. The van der Waals surface area contributed by atoms with Gasteiger partial charge in [-0.2, -0.15) is 0 Å². The number of aliphatic hydroxyl groups excluding tert-OH is 1. The van der Waals surface area contributed by atoms with Crippen molar-refractivity contribution in [3.8, 4) is 0 Å². The van der Waals surface area contributed by atoms with E-state index in [4.69, 9.17) is 0 Å². The number of rotatable bonds is 7. The summed E-state index contributed by atoms with van der Waals surface area (Å²) in [7, 11) is 0. The van der Waals surface area contributed by atoms with Crippen LogP contribution in [0.2, 0.25) is 0 Å². The summed E-state index contributed by atoms with van der Waals surface area (Å²) in [6.07, 6.45) is 4.58. The average molecular weight is 242 g/mol. The van der Waals surface area contributed by atoms with E-state index in [0.29, 0.717) is 6.42 Å². The molecule has 1 unspecified atom stereocenters. The van der Waals surface area contributed by atoms with E-state index in [1.807, 2.05) is 0 Å². The van der Waals surface area contributed by atoms with E-state index in [9.17, 15) is 13.9 Å². The molecule has 1 aromatic carbocycles. The summed E-state index contributed by atoms with van der Waals surface area (Å²) in [5, 5.41) is 9.73. The first-order chi connectivity index (χ1) is 8.15. The minimum atomic E-state index is -0.847. The molecule has 0 aromatic heterocycles. The summed E-state index contributed by atoms with van der Waals surface area (Å²) in [5.41, 5.74) is 0.257. The third-order valence-corrected chi connectivity index (χ3v) is 2.88. The lowest BCUT2D eigenvalue weighted by atomic mass is 10.0. The highest BCUT2D eigenvalue weighted by Crippen LogP contribution is 2.15. The second-order valence-electron chi connectivity index (χ2n) is 4.42. The maximum atomic E-state index is 13.3. The molecule has 1 nitrogen and oxygen atoms in total. The average Bonchev–Trinajstić information content (AvgIpc) is 2.31. The van der Waals surface area contributed by atoms with E-state index in [1.165, 1.54) is 12.1 Å². The van der Waals surface area contributed by atoms with E-state index in [1.54, 1.807) is 0 Å². The lowest BCUT2D eigenvalue weighted by Crippen LogP contribution is -2.12. The Hall–Kier alpha value is -0.960. The van der Waals surface area contributed by atoms with Crippen molar-refractivity contribution < 1.29 is 13.9 Å². The number of halogens is 2. The van der Waals surface area contributed by atoms with Crippen molar-refractivity contribution in [2.75, 3.05) is 0 Å². The van der Waals surface area contributed by atoms with Crippen LogP contribution in [0, 0.1) is 11.6 Å². The van der Waals surface area contributed by atoms with Crippen LogP contribution in [0.25, 0.3) is 0 Å². The van der Waals surface area contributed by atoms with Crippen LogP contribution in [-0.4, -0.2) is 11.2 Å². The highest BCUT2D eigenvalue weighted by molar-refractivity contribution is 5.19. The van der Waals surface area contributed by atoms with Gasteiger partial charge < -0.3 is 5.11 Å². The van der Waals surface area contributed by atoms with E-state index in [2.05, 4.69) is 6.92 Å². The second-order valence-corrected chi connectivity index (χ2v) is 4.42. The molecule has 0 aliphatic rings. The van der Waals surface area contributed by atoms with Crippen molar-refractivity contribution in [3.05, 3.63) is 35.4 Å². The molecule has 96 valence electrons. The van der Waals surface area contributed by atoms with Gasteiger partial charge in [0.05, 0.1) is 6.10 Å². The molecule has 0 bridgehead atoms. The number of aliphatic hydroxyl groups is 1. The van der Waals surface area contributed by atoms with Crippen LogP contribution in [0.3, 0.4) is 0 Å². The largest absolute Gasteiger partial charge is 0.393 e. The van der Waals surface area contributed by atoms with Gasteiger partial charge in [0, 0.05) is 6.42 Å². The van der Waals surface area contributed by atoms with Crippen molar-refractivity contribution in [3.63, 3.8) is 0 Å². The standard InChI is InChI=1S/C14H20F2O/c1-2-3-4-5-8-12(17)10-11-7-6-9-13(15)14(11)16/h6-7,9,12,17H,2-5,8,10H2,1H3. The zero-order valence-electron chi connectivity index (χ0n) is 10.3. The molecule has 0 aliphatic carbocycles. The minimum Gasteiger partial charge on any atom is -0.393 e. The molecule has 0 heterocycles. The Kier molecular flexibility index (Phi) is 6.12. The summed E-state index contributed by atoms with van der Waals surface area (Å²) >= 11 is 0. The molecule has 0 radical (unpaired) electrons. The van der Waals surface area contributed by atoms with Crippen molar-refractivity contribution in [2.45, 2.75) is 51.6 Å². The first-order valence-electron chi connectivity index (χ1n) is 6.26. The summed E-state index contributed by atoms with van der Waals surface area (Å²) in [6, 6.07) is 4.08. The van der Waals surface area contributed by atoms with Crippen LogP contribution in [0.4, 0.5) is 8.78 Å². The van der Waals surface area contributed by atoms with Gasteiger partial charge in [-0.3, -0.25) is 0 Å². The molecule has 0 saturated carbocycles. The number of unbranched alkanes of at least 4 members (excludes halogenated alkanes) is 3. The third kappa shape index (κ3) is 4.82. The van der Waals surface area contributed by atoms with Gasteiger partial charge in [0.1, 0.15) is 0 Å². The van der Waals surface area contributed by atoms with Gasteiger partial charge >= 0.3 is 0 Å². The van der Waals surface area contributed by atoms with Crippen molar-refractivity contribution in [1.29, 1.82) is 0 Å². The molecule has 1 aromatic rings. The third-order valence-electron chi connectivity index (χ3n) is 2.88. The number of hydrogen-bond acceptors (Lipinski definition) is 1. The minimum absolute atomic E-state index is 0.190. The van der Waals surface area contributed by atoms with Crippen LogP contribution in [0.1, 0.15) is 44.6 Å². The Morgan fingerprint density at radius 3 is 2.65 bits per heavy atom. The zero-order valence-corrected chi connectivity index (χ0v) is 10.3. The molecule has 0 fully saturated rings. The Morgan fingerprint density at radius 1 is 1.18 bits per heavy atom. The number of hydrogen-bond donors (Lipinski definition) is 1. The quantitative estimate of drug-likeness (QED) is 0.720. The Morgan fingerprint density at radius 2 is 1.94 bits per heavy atom. The van der Waals surface area contributed by atoms with Gasteiger partial charge in [0.2, 0.25) is 0 Å². The van der Waals surface area contributed by atoms with Gasteiger partial charge in [0.15, 0.2) is 11.6 Å². The van der Waals surface area contributed by atoms with Crippen molar-refractivity contribution >= 4 is 0 Å². The van der Waals surface area contributed by atoms with E-state index in [-0.39, 0.29) is 12.0 Å². The van der Waals surface area contributed by atoms with Crippen LogP contribution < -0.4 is 0 Å². The lowest BCUT2D eigenvalue weighted by molar-refractivity contribution is 0.159. The van der Waals surface area contributed by atoms with Crippen LogP contribution >= 0.6 is 0 Å². The monoisotopic (exact) mass is 242 g/mol. The molecule has 17 heavy (non-hydrogen) atoms. The van der Waals surface area contributed by atoms with Crippen LogP contribution in [-0.2, 0) is 6.42 Å². The Bertz CT molecular complexity index is 339. The molecule has 0 amide bonds. The van der Waals surface area contributed by atoms with Crippen molar-refractivity contribution in [1.82, 2.24) is 0 Å².